The monoisotopic (exact) mass is 241 g/mol. The van der Waals surface area contributed by atoms with Crippen LogP contribution in [0.2, 0.25) is 0 Å². The van der Waals surface area contributed by atoms with Gasteiger partial charge in [0, 0.05) is 12.1 Å². The van der Waals surface area contributed by atoms with Crippen molar-refractivity contribution in [3.8, 4) is 0 Å². The van der Waals surface area contributed by atoms with Gasteiger partial charge >= 0.3 is 0 Å². The molecule has 96 valence electrons. The van der Waals surface area contributed by atoms with Gasteiger partial charge in [0.1, 0.15) is 5.82 Å². The van der Waals surface area contributed by atoms with Crippen LogP contribution in [-0.2, 0) is 0 Å². The molecule has 3 N–H and O–H groups in total. The van der Waals surface area contributed by atoms with Crippen LogP contribution in [0.3, 0.4) is 0 Å². The molecule has 0 bridgehead atoms. The molecule has 1 rings (SSSR count). The van der Waals surface area contributed by atoms with Gasteiger partial charge in [-0.15, -0.1) is 0 Å². The molecule has 0 radical (unpaired) electrons. The van der Waals surface area contributed by atoms with Crippen molar-refractivity contribution in [2.45, 2.75) is 32.0 Å². The molecule has 1 aromatic carbocycles. The van der Waals surface area contributed by atoms with E-state index in [1.165, 1.54) is 6.07 Å². The molecule has 0 amide bonds. The SMILES string of the molecule is CCC(O)CCNCC(O)c1ccccc1F. The van der Waals surface area contributed by atoms with Gasteiger partial charge in [0.15, 0.2) is 0 Å². The van der Waals surface area contributed by atoms with Gasteiger partial charge in [-0.2, -0.15) is 0 Å². The molecule has 17 heavy (non-hydrogen) atoms. The van der Waals surface area contributed by atoms with Crippen LogP contribution in [0.4, 0.5) is 4.39 Å². The average Bonchev–Trinajstić information content (AvgIpc) is 2.34. The van der Waals surface area contributed by atoms with Crippen molar-refractivity contribution in [3.63, 3.8) is 0 Å². The Morgan fingerprint density at radius 1 is 1.29 bits per heavy atom. The maximum absolute atomic E-state index is 13.3. The van der Waals surface area contributed by atoms with E-state index in [1.807, 2.05) is 6.92 Å². The highest BCUT2D eigenvalue weighted by Gasteiger charge is 2.11. The largest absolute Gasteiger partial charge is 0.393 e. The molecule has 0 heterocycles. The van der Waals surface area contributed by atoms with Gasteiger partial charge in [0.2, 0.25) is 0 Å². The van der Waals surface area contributed by atoms with E-state index < -0.39 is 11.9 Å². The van der Waals surface area contributed by atoms with Crippen LogP contribution < -0.4 is 5.32 Å². The number of halogens is 1. The van der Waals surface area contributed by atoms with E-state index in [0.29, 0.717) is 18.5 Å². The molecule has 1 aromatic rings. The topological polar surface area (TPSA) is 52.5 Å². The number of aliphatic hydroxyl groups excluding tert-OH is 2. The van der Waals surface area contributed by atoms with Crippen LogP contribution >= 0.6 is 0 Å². The number of rotatable bonds is 7. The maximum Gasteiger partial charge on any atom is 0.129 e. The minimum Gasteiger partial charge on any atom is -0.393 e. The van der Waals surface area contributed by atoms with Crippen LogP contribution in [0.15, 0.2) is 24.3 Å². The second-order valence-electron chi connectivity index (χ2n) is 4.09. The van der Waals surface area contributed by atoms with Gasteiger partial charge in [0.05, 0.1) is 12.2 Å². The Morgan fingerprint density at radius 2 is 2.00 bits per heavy atom. The Kier molecular flexibility index (Phi) is 6.11. The summed E-state index contributed by atoms with van der Waals surface area (Å²) in [6, 6.07) is 6.20. The molecule has 2 unspecified atom stereocenters. The number of hydrogen-bond donors (Lipinski definition) is 3. The predicted octanol–water partition coefficient (Wildman–Crippen LogP) is 1.61. The van der Waals surface area contributed by atoms with Crippen LogP contribution in [0.25, 0.3) is 0 Å². The lowest BCUT2D eigenvalue weighted by atomic mass is 10.1. The van der Waals surface area contributed by atoms with Crippen molar-refractivity contribution in [2.24, 2.45) is 0 Å². The van der Waals surface area contributed by atoms with Gasteiger partial charge in [0.25, 0.3) is 0 Å². The zero-order valence-electron chi connectivity index (χ0n) is 10.1. The molecule has 0 fully saturated rings. The molecule has 3 nitrogen and oxygen atoms in total. The highest BCUT2D eigenvalue weighted by Crippen LogP contribution is 2.15. The summed E-state index contributed by atoms with van der Waals surface area (Å²) in [5, 5.41) is 22.1. The fourth-order valence-corrected chi connectivity index (χ4v) is 1.57. The molecule has 0 aromatic heterocycles. The quantitative estimate of drug-likeness (QED) is 0.636. The third-order valence-corrected chi connectivity index (χ3v) is 2.73. The summed E-state index contributed by atoms with van der Waals surface area (Å²) in [5.41, 5.74) is 0.302. The molecule has 0 saturated carbocycles. The Bertz CT molecular complexity index is 333. The summed E-state index contributed by atoms with van der Waals surface area (Å²) in [6.45, 7) is 2.82. The normalized spacial score (nSPS) is 14.6. The van der Waals surface area contributed by atoms with Crippen LogP contribution in [0, 0.1) is 5.82 Å². The van der Waals surface area contributed by atoms with Gasteiger partial charge < -0.3 is 15.5 Å². The number of nitrogens with one attached hydrogen (secondary N) is 1. The summed E-state index contributed by atoms with van der Waals surface area (Å²) in [4.78, 5) is 0. The Labute approximate surface area is 101 Å². The summed E-state index contributed by atoms with van der Waals surface area (Å²) in [6.07, 6.45) is 0.195. The summed E-state index contributed by atoms with van der Waals surface area (Å²) in [5.74, 6) is -0.393. The minimum atomic E-state index is -0.852. The number of aliphatic hydroxyl groups is 2. The fourth-order valence-electron chi connectivity index (χ4n) is 1.57. The zero-order chi connectivity index (χ0) is 12.7. The van der Waals surface area contributed by atoms with E-state index in [1.54, 1.807) is 18.2 Å². The predicted molar refractivity (Wildman–Crippen MR) is 65.1 cm³/mol. The zero-order valence-corrected chi connectivity index (χ0v) is 10.1. The lowest BCUT2D eigenvalue weighted by Crippen LogP contribution is -2.25. The summed E-state index contributed by atoms with van der Waals surface area (Å²) in [7, 11) is 0. The molecule has 0 aliphatic heterocycles. The maximum atomic E-state index is 13.3. The van der Waals surface area contributed by atoms with Crippen LogP contribution in [0.5, 0.6) is 0 Å². The Morgan fingerprint density at radius 3 is 2.65 bits per heavy atom. The third-order valence-electron chi connectivity index (χ3n) is 2.73. The van der Waals surface area contributed by atoms with Gasteiger partial charge in [-0.1, -0.05) is 25.1 Å². The Balaban J connectivity index is 2.30. The first-order valence-corrected chi connectivity index (χ1v) is 5.96. The van der Waals surface area contributed by atoms with Crippen molar-refractivity contribution < 1.29 is 14.6 Å². The summed E-state index contributed by atoms with van der Waals surface area (Å²) >= 11 is 0. The average molecular weight is 241 g/mol. The van der Waals surface area contributed by atoms with E-state index >= 15 is 0 Å². The van der Waals surface area contributed by atoms with Crippen molar-refractivity contribution in [2.75, 3.05) is 13.1 Å². The first-order valence-electron chi connectivity index (χ1n) is 5.96. The lowest BCUT2D eigenvalue weighted by molar-refractivity contribution is 0.148. The standard InChI is InChI=1S/C13H20FNO2/c1-2-10(16)7-8-15-9-13(17)11-5-3-4-6-12(11)14/h3-6,10,13,15-17H,2,7-9H2,1H3. The fraction of sp³-hybridized carbons (Fsp3) is 0.538. The van der Waals surface area contributed by atoms with Crippen molar-refractivity contribution in [1.82, 2.24) is 5.32 Å². The molecule has 0 spiro atoms. The van der Waals surface area contributed by atoms with E-state index in [2.05, 4.69) is 5.32 Å². The minimum absolute atomic E-state index is 0.289. The molecule has 0 aliphatic rings. The van der Waals surface area contributed by atoms with Gasteiger partial charge in [-0.25, -0.2) is 4.39 Å². The van der Waals surface area contributed by atoms with Gasteiger partial charge in [-0.3, -0.25) is 0 Å². The van der Waals surface area contributed by atoms with Crippen LogP contribution in [0.1, 0.15) is 31.4 Å². The highest BCUT2D eigenvalue weighted by molar-refractivity contribution is 5.19. The second kappa shape index (κ2) is 7.37. The van der Waals surface area contributed by atoms with Gasteiger partial charge in [-0.05, 0) is 25.5 Å². The third kappa shape index (κ3) is 4.81. The smallest absolute Gasteiger partial charge is 0.129 e. The molecule has 0 aliphatic carbocycles. The molecular formula is C13H20FNO2. The van der Waals surface area contributed by atoms with E-state index in [0.717, 1.165) is 6.42 Å². The van der Waals surface area contributed by atoms with Crippen molar-refractivity contribution >= 4 is 0 Å². The molecular weight excluding hydrogens is 221 g/mol. The van der Waals surface area contributed by atoms with E-state index in [9.17, 15) is 14.6 Å². The highest BCUT2D eigenvalue weighted by atomic mass is 19.1. The van der Waals surface area contributed by atoms with E-state index in [-0.39, 0.29) is 12.6 Å². The number of hydrogen-bond acceptors (Lipinski definition) is 3. The van der Waals surface area contributed by atoms with E-state index in [4.69, 9.17) is 0 Å². The molecule has 2 atom stereocenters. The molecule has 0 saturated heterocycles. The van der Waals surface area contributed by atoms with Crippen LogP contribution in [-0.4, -0.2) is 29.4 Å². The molecule has 4 heteroatoms. The lowest BCUT2D eigenvalue weighted by Gasteiger charge is -2.14. The first kappa shape index (κ1) is 14.1. The first-order chi connectivity index (χ1) is 8.15. The van der Waals surface area contributed by atoms with Crippen molar-refractivity contribution in [3.05, 3.63) is 35.6 Å². The Hall–Kier alpha value is -0.970. The van der Waals surface area contributed by atoms with Crippen molar-refractivity contribution in [1.29, 1.82) is 0 Å². The second-order valence-corrected chi connectivity index (χ2v) is 4.09. The number of benzene rings is 1. The summed E-state index contributed by atoms with van der Waals surface area (Å²) < 4.78 is 13.3.